The van der Waals surface area contributed by atoms with Crippen molar-refractivity contribution in [1.82, 2.24) is 15.0 Å². The average Bonchev–Trinajstić information content (AvgIpc) is 2.66. The van der Waals surface area contributed by atoms with Crippen LogP contribution >= 0.6 is 0 Å². The van der Waals surface area contributed by atoms with Gasteiger partial charge in [-0.3, -0.25) is 4.79 Å². The lowest BCUT2D eigenvalue weighted by molar-refractivity contribution is -0.114. The molecule has 0 fully saturated rings. The van der Waals surface area contributed by atoms with E-state index >= 15 is 0 Å². The lowest BCUT2D eigenvalue weighted by Gasteiger charge is -2.14. The highest BCUT2D eigenvalue weighted by atomic mass is 19.1. The molecule has 7 heteroatoms. The van der Waals surface area contributed by atoms with Crippen LogP contribution in [0, 0.1) is 19.8 Å². The molecule has 0 aliphatic heterocycles. The van der Waals surface area contributed by atoms with Crippen molar-refractivity contribution in [3.8, 4) is 0 Å². The summed E-state index contributed by atoms with van der Waals surface area (Å²) in [5.74, 6) is 0.250. The molecule has 2 N–H and O–H groups in total. The van der Waals surface area contributed by atoms with Crippen molar-refractivity contribution in [2.24, 2.45) is 0 Å². The lowest BCUT2D eigenvalue weighted by atomic mass is 10.0. The molecule has 0 unspecified atom stereocenters. The fourth-order valence-corrected chi connectivity index (χ4v) is 2.62. The van der Waals surface area contributed by atoms with Gasteiger partial charge in [-0.05, 0) is 37.6 Å². The van der Waals surface area contributed by atoms with Crippen LogP contribution in [0.15, 0.2) is 55.4 Å². The van der Waals surface area contributed by atoms with Crippen molar-refractivity contribution < 1.29 is 9.18 Å². The van der Waals surface area contributed by atoms with Gasteiger partial charge in [-0.2, -0.15) is 9.37 Å². The SMILES string of the molecule is C=CC(=O)Cc1cc(C)ccc1Nc1nc(Nc2ccnc(F)c2)ncc1C. The number of carbonyl (C=O) groups is 1. The van der Waals surface area contributed by atoms with Gasteiger partial charge in [0.25, 0.3) is 0 Å². The summed E-state index contributed by atoms with van der Waals surface area (Å²) in [5, 5.41) is 6.22. The number of allylic oxidation sites excluding steroid dienone is 1. The van der Waals surface area contributed by atoms with Gasteiger partial charge in [0.1, 0.15) is 5.82 Å². The molecular formula is C21H20FN5O. The summed E-state index contributed by atoms with van der Waals surface area (Å²) in [6, 6.07) is 8.71. The second kappa shape index (κ2) is 8.39. The fourth-order valence-electron chi connectivity index (χ4n) is 2.62. The minimum absolute atomic E-state index is 0.0601. The summed E-state index contributed by atoms with van der Waals surface area (Å²) in [5.41, 5.74) is 4.01. The molecule has 3 rings (SSSR count). The Morgan fingerprint density at radius 2 is 2.00 bits per heavy atom. The molecule has 142 valence electrons. The summed E-state index contributed by atoms with van der Waals surface area (Å²) in [4.78, 5) is 24.1. The molecule has 1 aromatic carbocycles. The quantitative estimate of drug-likeness (QED) is 0.469. The number of halogens is 1. The molecule has 0 saturated heterocycles. The van der Waals surface area contributed by atoms with Gasteiger partial charge < -0.3 is 10.6 Å². The average molecular weight is 377 g/mol. The van der Waals surface area contributed by atoms with Crippen molar-refractivity contribution in [2.45, 2.75) is 20.3 Å². The Bertz CT molecular complexity index is 1040. The second-order valence-electron chi connectivity index (χ2n) is 6.35. The maximum atomic E-state index is 13.3. The Morgan fingerprint density at radius 1 is 1.18 bits per heavy atom. The second-order valence-corrected chi connectivity index (χ2v) is 6.35. The standard InChI is InChI=1S/C21H20FN5O/c1-4-17(28)10-15-9-13(2)5-6-18(15)26-20-14(3)12-24-21(27-20)25-16-7-8-23-19(22)11-16/h4-9,11-12H,1,10H2,2-3H3,(H2,23,24,25,26,27). The van der Waals surface area contributed by atoms with E-state index in [2.05, 4.69) is 32.2 Å². The van der Waals surface area contributed by atoms with Crippen LogP contribution in [0.25, 0.3) is 0 Å². The van der Waals surface area contributed by atoms with E-state index in [9.17, 15) is 9.18 Å². The number of pyridine rings is 1. The fraction of sp³-hybridized carbons (Fsp3) is 0.143. The van der Waals surface area contributed by atoms with Gasteiger partial charge in [-0.25, -0.2) is 9.97 Å². The van der Waals surface area contributed by atoms with Gasteiger partial charge in [-0.15, -0.1) is 0 Å². The molecule has 28 heavy (non-hydrogen) atoms. The molecular weight excluding hydrogens is 357 g/mol. The van der Waals surface area contributed by atoms with Gasteiger partial charge >= 0.3 is 0 Å². The molecule has 0 saturated carbocycles. The summed E-state index contributed by atoms with van der Waals surface area (Å²) in [6.07, 6.45) is 4.59. The number of carbonyl (C=O) groups excluding carboxylic acids is 1. The number of hydrogen-bond acceptors (Lipinski definition) is 6. The third-order valence-corrected chi connectivity index (χ3v) is 4.06. The van der Waals surface area contributed by atoms with E-state index in [1.807, 2.05) is 32.0 Å². The predicted molar refractivity (Wildman–Crippen MR) is 108 cm³/mol. The smallest absolute Gasteiger partial charge is 0.229 e. The third kappa shape index (κ3) is 4.76. The number of nitrogens with zero attached hydrogens (tertiary/aromatic N) is 3. The van der Waals surface area contributed by atoms with Crippen LogP contribution in [0.3, 0.4) is 0 Å². The molecule has 6 nitrogen and oxygen atoms in total. The monoisotopic (exact) mass is 377 g/mol. The number of anilines is 4. The molecule has 0 aliphatic rings. The largest absolute Gasteiger partial charge is 0.340 e. The first kappa shape index (κ1) is 19.2. The van der Waals surface area contributed by atoms with Crippen LogP contribution in [0.2, 0.25) is 0 Å². The maximum Gasteiger partial charge on any atom is 0.229 e. The van der Waals surface area contributed by atoms with E-state index in [4.69, 9.17) is 0 Å². The Balaban J connectivity index is 1.88. The van der Waals surface area contributed by atoms with Crippen LogP contribution < -0.4 is 10.6 Å². The molecule has 0 aliphatic carbocycles. The first-order valence-electron chi connectivity index (χ1n) is 8.68. The molecule has 0 atom stereocenters. The normalized spacial score (nSPS) is 10.4. The van der Waals surface area contributed by atoms with Crippen LogP contribution in [0.4, 0.5) is 27.5 Å². The van der Waals surface area contributed by atoms with E-state index in [0.717, 1.165) is 22.4 Å². The topological polar surface area (TPSA) is 79.8 Å². The predicted octanol–water partition coefficient (Wildman–Crippen LogP) is 4.41. The zero-order valence-electron chi connectivity index (χ0n) is 15.7. The number of aryl methyl sites for hydroxylation is 2. The zero-order chi connectivity index (χ0) is 20.1. The molecule has 3 aromatic rings. The zero-order valence-corrected chi connectivity index (χ0v) is 15.7. The van der Waals surface area contributed by atoms with E-state index in [1.54, 1.807) is 12.3 Å². The highest BCUT2D eigenvalue weighted by Crippen LogP contribution is 2.25. The highest BCUT2D eigenvalue weighted by Gasteiger charge is 2.10. The van der Waals surface area contributed by atoms with Crippen molar-refractivity contribution in [1.29, 1.82) is 0 Å². The Kier molecular flexibility index (Phi) is 5.74. The summed E-state index contributed by atoms with van der Waals surface area (Å²) < 4.78 is 13.3. The van der Waals surface area contributed by atoms with Crippen LogP contribution in [-0.2, 0) is 11.2 Å². The first-order valence-corrected chi connectivity index (χ1v) is 8.68. The third-order valence-electron chi connectivity index (χ3n) is 4.06. The number of rotatable bonds is 7. The van der Waals surface area contributed by atoms with Crippen molar-refractivity contribution in [3.05, 3.63) is 78.0 Å². The highest BCUT2D eigenvalue weighted by molar-refractivity contribution is 5.92. The lowest BCUT2D eigenvalue weighted by Crippen LogP contribution is -2.06. The maximum absolute atomic E-state index is 13.3. The first-order chi connectivity index (χ1) is 13.4. The minimum atomic E-state index is -0.591. The van der Waals surface area contributed by atoms with E-state index in [-0.39, 0.29) is 12.2 Å². The molecule has 0 amide bonds. The number of aromatic nitrogens is 3. The summed E-state index contributed by atoms with van der Waals surface area (Å²) >= 11 is 0. The van der Waals surface area contributed by atoms with Gasteiger partial charge in [-0.1, -0.05) is 24.3 Å². The van der Waals surface area contributed by atoms with Crippen LogP contribution in [0.1, 0.15) is 16.7 Å². The number of ketones is 1. The summed E-state index contributed by atoms with van der Waals surface area (Å²) in [6.45, 7) is 7.38. The molecule has 0 radical (unpaired) electrons. The van der Waals surface area contributed by atoms with Gasteiger partial charge in [0, 0.05) is 41.8 Å². The van der Waals surface area contributed by atoms with Crippen molar-refractivity contribution in [2.75, 3.05) is 10.6 Å². The molecule has 0 spiro atoms. The van der Waals surface area contributed by atoms with Crippen LogP contribution in [0.5, 0.6) is 0 Å². The van der Waals surface area contributed by atoms with E-state index in [1.165, 1.54) is 18.3 Å². The number of hydrogen-bond donors (Lipinski definition) is 2. The Labute approximate surface area is 162 Å². The van der Waals surface area contributed by atoms with Gasteiger partial charge in [0.2, 0.25) is 11.9 Å². The molecule has 2 heterocycles. The van der Waals surface area contributed by atoms with Crippen molar-refractivity contribution >= 4 is 28.9 Å². The number of benzene rings is 1. The van der Waals surface area contributed by atoms with E-state index < -0.39 is 5.95 Å². The van der Waals surface area contributed by atoms with Gasteiger partial charge in [0.05, 0.1) is 0 Å². The molecule has 0 bridgehead atoms. The minimum Gasteiger partial charge on any atom is -0.340 e. The molecule has 2 aromatic heterocycles. The van der Waals surface area contributed by atoms with Crippen LogP contribution in [-0.4, -0.2) is 20.7 Å². The summed E-state index contributed by atoms with van der Waals surface area (Å²) in [7, 11) is 0. The van der Waals surface area contributed by atoms with Gasteiger partial charge in [0.15, 0.2) is 5.78 Å². The Hall–Kier alpha value is -3.61. The number of nitrogens with one attached hydrogen (secondary N) is 2. The van der Waals surface area contributed by atoms with E-state index in [0.29, 0.717) is 17.5 Å². The van der Waals surface area contributed by atoms with Crippen molar-refractivity contribution in [3.63, 3.8) is 0 Å². The Morgan fingerprint density at radius 3 is 2.75 bits per heavy atom.